The van der Waals surface area contributed by atoms with E-state index in [1.54, 1.807) is 0 Å². The van der Waals surface area contributed by atoms with Gasteiger partial charge in [-0.2, -0.15) is 0 Å². The van der Waals surface area contributed by atoms with Crippen LogP contribution < -0.4 is 4.74 Å². The summed E-state index contributed by atoms with van der Waals surface area (Å²) in [6.07, 6.45) is 1.28. The molecule has 0 saturated heterocycles. The number of aliphatic hydroxyl groups is 1. The van der Waals surface area contributed by atoms with Crippen LogP contribution in [-0.4, -0.2) is 28.1 Å². The summed E-state index contributed by atoms with van der Waals surface area (Å²) >= 11 is 0. The summed E-state index contributed by atoms with van der Waals surface area (Å²) in [5.74, 6) is 1.14. The number of ether oxygens (including phenoxy) is 1. The van der Waals surface area contributed by atoms with Crippen molar-refractivity contribution in [1.29, 1.82) is 0 Å². The van der Waals surface area contributed by atoms with Crippen molar-refractivity contribution in [3.63, 3.8) is 0 Å². The summed E-state index contributed by atoms with van der Waals surface area (Å²) in [6.45, 7) is 3.38. The molecule has 0 amide bonds. The first kappa shape index (κ1) is 19.8. The number of carbonyl (C=O) groups excluding carboxylic acids is 1. The van der Waals surface area contributed by atoms with Crippen molar-refractivity contribution in [2.75, 3.05) is 6.73 Å². The second-order valence-electron chi connectivity index (χ2n) is 4.98. The van der Waals surface area contributed by atoms with Crippen molar-refractivity contribution in [3.05, 3.63) is 77.6 Å². The van der Waals surface area contributed by atoms with Gasteiger partial charge in [0.1, 0.15) is 5.75 Å². The summed E-state index contributed by atoms with van der Waals surface area (Å²) in [5, 5.41) is 8.40. The van der Waals surface area contributed by atoms with Crippen molar-refractivity contribution >= 4 is 11.5 Å². The molecule has 1 radical (unpaired) electrons. The van der Waals surface area contributed by atoms with Crippen molar-refractivity contribution in [2.45, 2.75) is 13.8 Å². The van der Waals surface area contributed by atoms with Crippen LogP contribution in [0, 0.1) is 6.07 Å². The molecule has 3 rings (SSSR count). The summed E-state index contributed by atoms with van der Waals surface area (Å²) in [4.78, 5) is 12.8. The first-order valence-electron chi connectivity index (χ1n) is 7.21. The predicted octanol–water partition coefficient (Wildman–Crippen LogP) is 3.68. The average Bonchev–Trinajstić information content (AvgIpc) is 2.54. The second-order valence-corrected chi connectivity index (χ2v) is 4.98. The zero-order chi connectivity index (χ0) is 16.7. The Morgan fingerprint density at radius 2 is 1.92 bits per heavy atom. The molecule has 5 heteroatoms. The fraction of sp³-hybridized carbons (Fsp3) is 0.158. The Balaban J connectivity index is 0.000000312. The molecule has 1 aliphatic rings. The van der Waals surface area contributed by atoms with Gasteiger partial charge in [-0.25, -0.2) is 0 Å². The number of ketones is 1. The third-order valence-electron chi connectivity index (χ3n) is 2.97. The number of nitrogens with zero attached hydrogens (tertiary/aromatic N) is 1. The number of benzene rings is 2. The van der Waals surface area contributed by atoms with E-state index in [-0.39, 0.29) is 31.6 Å². The molecule has 2 aromatic carbocycles. The maximum absolute atomic E-state index is 8.40. The first-order valence-corrected chi connectivity index (χ1v) is 7.21. The number of para-hydroxylation sites is 1. The van der Waals surface area contributed by atoms with Gasteiger partial charge in [0.2, 0.25) is 0 Å². The van der Waals surface area contributed by atoms with Crippen molar-refractivity contribution in [3.8, 4) is 5.75 Å². The molecular formula is C19H19IrNO3. The Morgan fingerprint density at radius 3 is 2.50 bits per heavy atom. The van der Waals surface area contributed by atoms with Crippen LogP contribution in [0.15, 0.2) is 65.4 Å². The number of hydrogen-bond acceptors (Lipinski definition) is 3. The van der Waals surface area contributed by atoms with E-state index < -0.39 is 0 Å². The fourth-order valence-electron chi connectivity index (χ4n) is 2.11. The number of aliphatic imine (C=N–C) groups is 1. The molecule has 24 heavy (non-hydrogen) atoms. The van der Waals surface area contributed by atoms with E-state index in [0.717, 1.165) is 22.6 Å². The topological polar surface area (TPSA) is 63.2 Å². The van der Waals surface area contributed by atoms with Crippen LogP contribution in [0.2, 0.25) is 0 Å². The van der Waals surface area contributed by atoms with Gasteiger partial charge < -0.3 is 9.84 Å². The molecule has 4 nitrogen and oxygen atoms in total. The van der Waals surface area contributed by atoms with Crippen molar-refractivity contribution in [2.24, 2.45) is 4.99 Å². The zero-order valence-corrected chi connectivity index (χ0v) is 15.9. The monoisotopic (exact) mass is 502 g/mol. The standard InChI is InChI=1S/C14H10NO.C5H8O2.Ir/c1-2-6-11(7-3-1)14-12-8-4-5-9-13(12)16-10-15-14;1-4(6)3-5(2)7;/h1-6,8-9H,10H2;3,6H,1-2H3;/q-1;;/p+1/b;4-3-;. The molecule has 0 spiro atoms. The zero-order valence-electron chi connectivity index (χ0n) is 13.5. The SMILES string of the molecule is CC(=[OH+])/C=C(/C)O.[Ir].[c-]1ccccc1C1=NCOc2ccccc21. The van der Waals surface area contributed by atoms with Gasteiger partial charge >= 0.3 is 5.78 Å². The van der Waals surface area contributed by atoms with Gasteiger partial charge in [-0.15, -0.1) is 35.9 Å². The summed E-state index contributed by atoms with van der Waals surface area (Å²) in [7, 11) is 0. The van der Waals surface area contributed by atoms with E-state index in [0.29, 0.717) is 6.73 Å². The molecular weight excluding hydrogens is 482 g/mol. The number of aliphatic hydroxyl groups excluding tert-OH is 1. The Bertz CT molecular complexity index is 735. The Labute approximate surface area is 155 Å². The molecule has 2 aromatic rings. The summed E-state index contributed by atoms with van der Waals surface area (Å²) in [6, 6.07) is 19.0. The Kier molecular flexibility index (Phi) is 8.10. The van der Waals surface area contributed by atoms with E-state index in [4.69, 9.17) is 14.6 Å². The third-order valence-corrected chi connectivity index (χ3v) is 2.97. The average molecular weight is 502 g/mol. The molecule has 0 saturated carbocycles. The molecule has 1 heterocycles. The normalized spacial score (nSPS) is 12.4. The fourth-order valence-corrected chi connectivity index (χ4v) is 2.11. The van der Waals surface area contributed by atoms with Crippen LogP contribution in [0.3, 0.4) is 0 Å². The summed E-state index contributed by atoms with van der Waals surface area (Å²) < 4.78 is 5.47. The number of fused-ring (bicyclic) bond motifs is 1. The number of rotatable bonds is 2. The quantitative estimate of drug-likeness (QED) is 0.295. The van der Waals surface area contributed by atoms with E-state index in [1.165, 1.54) is 19.9 Å². The molecule has 127 valence electrons. The Morgan fingerprint density at radius 1 is 1.21 bits per heavy atom. The van der Waals surface area contributed by atoms with Crippen LogP contribution in [0.4, 0.5) is 0 Å². The number of hydrogen-bond donors (Lipinski definition) is 1. The van der Waals surface area contributed by atoms with Crippen molar-refractivity contribution in [1.82, 2.24) is 0 Å². The van der Waals surface area contributed by atoms with Gasteiger partial charge in [-0.05, 0) is 18.7 Å². The molecule has 0 unspecified atom stereocenters. The van der Waals surface area contributed by atoms with Crippen LogP contribution in [-0.2, 0) is 20.1 Å². The van der Waals surface area contributed by atoms with Crippen LogP contribution in [0.25, 0.3) is 0 Å². The second kappa shape index (κ2) is 9.81. The van der Waals surface area contributed by atoms with Gasteiger partial charge in [-0.3, -0.25) is 9.79 Å². The Hall–Kier alpha value is -2.23. The largest absolute Gasteiger partial charge is 0.512 e. The molecule has 0 aliphatic carbocycles. The van der Waals surface area contributed by atoms with E-state index in [9.17, 15) is 0 Å². The maximum Gasteiger partial charge on any atom is 0.316 e. The molecule has 0 atom stereocenters. The van der Waals surface area contributed by atoms with Gasteiger partial charge in [0, 0.05) is 25.7 Å². The van der Waals surface area contributed by atoms with Gasteiger partial charge in [0.15, 0.2) is 6.73 Å². The third kappa shape index (κ3) is 5.76. The van der Waals surface area contributed by atoms with E-state index in [2.05, 4.69) is 11.1 Å². The minimum atomic E-state index is 0. The molecule has 2 N–H and O–H groups in total. The summed E-state index contributed by atoms with van der Waals surface area (Å²) in [5.41, 5.74) is 3.01. The van der Waals surface area contributed by atoms with Crippen LogP contribution >= 0.6 is 0 Å². The smallest absolute Gasteiger partial charge is 0.316 e. The molecule has 0 fully saturated rings. The maximum atomic E-state index is 8.40. The van der Waals surface area contributed by atoms with E-state index in [1.807, 2.05) is 48.5 Å². The molecule has 1 aliphatic heterocycles. The first-order chi connectivity index (χ1) is 11.1. The minimum absolute atomic E-state index is 0. The van der Waals surface area contributed by atoms with Gasteiger partial charge in [-0.1, -0.05) is 18.2 Å². The minimum Gasteiger partial charge on any atom is -0.512 e. The molecule has 0 bridgehead atoms. The van der Waals surface area contributed by atoms with Gasteiger partial charge in [0.25, 0.3) is 0 Å². The predicted molar refractivity (Wildman–Crippen MR) is 91.9 cm³/mol. The molecule has 0 aromatic heterocycles. The van der Waals surface area contributed by atoms with Crippen molar-refractivity contribution < 1.29 is 34.7 Å². The van der Waals surface area contributed by atoms with Gasteiger partial charge in [0.05, 0.1) is 18.8 Å². The van der Waals surface area contributed by atoms with E-state index >= 15 is 0 Å². The van der Waals surface area contributed by atoms with Crippen LogP contribution in [0.5, 0.6) is 5.75 Å². The number of allylic oxidation sites excluding steroid dienone is 2. The van der Waals surface area contributed by atoms with Crippen LogP contribution in [0.1, 0.15) is 25.0 Å².